The summed E-state index contributed by atoms with van der Waals surface area (Å²) in [6.45, 7) is 2.04. The number of carbonyl (C=O) groups is 1. The van der Waals surface area contributed by atoms with Gasteiger partial charge in [-0.3, -0.25) is 0 Å². The minimum atomic E-state index is -3.21. The molecule has 0 aliphatic heterocycles. The number of benzene rings is 1. The lowest BCUT2D eigenvalue weighted by Gasteiger charge is -2.19. The summed E-state index contributed by atoms with van der Waals surface area (Å²) in [6.07, 6.45) is 4.19. The normalized spacial score (nSPS) is 17.9. The molecule has 0 unspecified atom stereocenters. The summed E-state index contributed by atoms with van der Waals surface area (Å²) in [6, 6.07) is 7.97. The molecule has 0 fully saturated rings. The van der Waals surface area contributed by atoms with Crippen LogP contribution in [0, 0.1) is 0 Å². The van der Waals surface area contributed by atoms with Gasteiger partial charge in [0.25, 0.3) is 0 Å². The maximum Gasteiger partial charge on any atom is 0.315 e. The Hall–Kier alpha value is -1.60. The first kappa shape index (κ1) is 17.7. The molecule has 7 heteroatoms. The summed E-state index contributed by atoms with van der Waals surface area (Å²) < 4.78 is 25.0. The zero-order valence-electron chi connectivity index (χ0n) is 13.5. The van der Waals surface area contributed by atoms with Crippen molar-refractivity contribution in [2.45, 2.75) is 38.6 Å². The van der Waals surface area contributed by atoms with Crippen molar-refractivity contribution in [3.63, 3.8) is 0 Å². The van der Waals surface area contributed by atoms with Crippen molar-refractivity contribution in [1.82, 2.24) is 15.4 Å². The van der Waals surface area contributed by atoms with E-state index in [0.717, 1.165) is 25.7 Å². The number of nitrogens with one attached hydrogen (secondary N) is 3. The van der Waals surface area contributed by atoms with E-state index in [0.29, 0.717) is 0 Å². The molecule has 1 aliphatic rings. The highest BCUT2D eigenvalue weighted by Gasteiger charge is 2.19. The lowest BCUT2D eigenvalue weighted by atomic mass is 9.99. The molecular formula is C16H25N3O3S. The van der Waals surface area contributed by atoms with Gasteiger partial charge in [0.15, 0.2) is 0 Å². The Morgan fingerprint density at radius 2 is 2.00 bits per heavy atom. The van der Waals surface area contributed by atoms with Gasteiger partial charge >= 0.3 is 6.03 Å². The second-order valence-corrected chi connectivity index (χ2v) is 7.79. The molecule has 1 aliphatic carbocycles. The van der Waals surface area contributed by atoms with E-state index in [9.17, 15) is 13.2 Å². The minimum absolute atomic E-state index is 0.0148. The Bertz CT molecular complexity index is 631. The first-order valence-electron chi connectivity index (χ1n) is 8.11. The third-order valence-corrected chi connectivity index (χ3v) is 5.44. The van der Waals surface area contributed by atoms with E-state index in [2.05, 4.69) is 27.5 Å². The SMILES string of the molecule is CCS(=O)(=O)NCCNC(=O)N[C@H]1CCCCc2ccccc21. The van der Waals surface area contributed by atoms with Gasteiger partial charge in [-0.15, -0.1) is 0 Å². The van der Waals surface area contributed by atoms with Gasteiger partial charge in [0.2, 0.25) is 10.0 Å². The quantitative estimate of drug-likeness (QED) is 0.544. The maximum absolute atomic E-state index is 12.0. The third kappa shape index (κ3) is 5.51. The van der Waals surface area contributed by atoms with Crippen molar-refractivity contribution in [2.75, 3.05) is 18.8 Å². The van der Waals surface area contributed by atoms with Gasteiger partial charge in [0.05, 0.1) is 11.8 Å². The third-order valence-electron chi connectivity index (χ3n) is 4.04. The number of hydrogen-bond acceptors (Lipinski definition) is 3. The van der Waals surface area contributed by atoms with Crippen LogP contribution in [0.25, 0.3) is 0 Å². The number of carbonyl (C=O) groups excluding carboxylic acids is 1. The summed E-state index contributed by atoms with van der Waals surface area (Å²) in [7, 11) is -3.21. The molecule has 2 amide bonds. The van der Waals surface area contributed by atoms with Crippen molar-refractivity contribution in [1.29, 1.82) is 0 Å². The van der Waals surface area contributed by atoms with Crippen LogP contribution in [0.2, 0.25) is 0 Å². The summed E-state index contributed by atoms with van der Waals surface area (Å²) in [4.78, 5) is 12.0. The smallest absolute Gasteiger partial charge is 0.315 e. The average Bonchev–Trinajstić information content (AvgIpc) is 2.74. The summed E-state index contributed by atoms with van der Waals surface area (Å²) in [5.41, 5.74) is 2.48. The van der Waals surface area contributed by atoms with Gasteiger partial charge in [0.1, 0.15) is 0 Å². The molecule has 0 radical (unpaired) electrons. The summed E-state index contributed by atoms with van der Waals surface area (Å²) >= 11 is 0. The van der Waals surface area contributed by atoms with Crippen molar-refractivity contribution in [3.8, 4) is 0 Å². The van der Waals surface area contributed by atoms with Crippen LogP contribution in [-0.4, -0.2) is 33.3 Å². The summed E-state index contributed by atoms with van der Waals surface area (Å²) in [5, 5.41) is 5.70. The van der Waals surface area contributed by atoms with Gasteiger partial charge < -0.3 is 10.6 Å². The van der Waals surface area contributed by atoms with E-state index in [4.69, 9.17) is 0 Å². The molecule has 0 bridgehead atoms. The number of amides is 2. The van der Waals surface area contributed by atoms with E-state index in [1.165, 1.54) is 11.1 Å². The van der Waals surface area contributed by atoms with Gasteiger partial charge in [-0.1, -0.05) is 30.7 Å². The minimum Gasteiger partial charge on any atom is -0.337 e. The average molecular weight is 339 g/mol. The van der Waals surface area contributed by atoms with Crippen LogP contribution in [0.4, 0.5) is 4.79 Å². The molecule has 2 rings (SSSR count). The highest BCUT2D eigenvalue weighted by molar-refractivity contribution is 7.89. The highest BCUT2D eigenvalue weighted by atomic mass is 32.2. The van der Waals surface area contributed by atoms with Crippen molar-refractivity contribution >= 4 is 16.1 Å². The Morgan fingerprint density at radius 3 is 2.78 bits per heavy atom. The van der Waals surface area contributed by atoms with Crippen LogP contribution in [0.15, 0.2) is 24.3 Å². The summed E-state index contributed by atoms with van der Waals surface area (Å²) in [5.74, 6) is 0.0397. The predicted molar refractivity (Wildman–Crippen MR) is 90.7 cm³/mol. The van der Waals surface area contributed by atoms with Crippen LogP contribution in [-0.2, 0) is 16.4 Å². The van der Waals surface area contributed by atoms with Crippen LogP contribution < -0.4 is 15.4 Å². The molecule has 1 atom stereocenters. The van der Waals surface area contributed by atoms with E-state index in [1.54, 1.807) is 6.92 Å². The first-order chi connectivity index (χ1) is 11.0. The van der Waals surface area contributed by atoms with Crippen LogP contribution in [0.1, 0.15) is 43.4 Å². The standard InChI is InChI=1S/C16H25N3O3S/c1-2-23(21,22)18-12-11-17-16(20)19-15-10-6-4-8-13-7-3-5-9-14(13)15/h3,5,7,9,15,18H,2,4,6,8,10-12H2,1H3,(H2,17,19,20)/t15-/m0/s1. The van der Waals surface area contributed by atoms with E-state index < -0.39 is 10.0 Å². The van der Waals surface area contributed by atoms with E-state index in [-0.39, 0.29) is 30.9 Å². The molecule has 3 N–H and O–H groups in total. The predicted octanol–water partition coefficient (Wildman–Crippen LogP) is 1.69. The fourth-order valence-electron chi connectivity index (χ4n) is 2.77. The van der Waals surface area contributed by atoms with Crippen molar-refractivity contribution in [3.05, 3.63) is 35.4 Å². The van der Waals surface area contributed by atoms with Gasteiger partial charge in [-0.25, -0.2) is 17.9 Å². The molecule has 0 aromatic heterocycles. The largest absolute Gasteiger partial charge is 0.337 e. The number of urea groups is 1. The highest BCUT2D eigenvalue weighted by Crippen LogP contribution is 2.28. The number of hydrogen-bond donors (Lipinski definition) is 3. The Labute approximate surface area is 138 Å². The first-order valence-corrected chi connectivity index (χ1v) is 9.76. The van der Waals surface area contributed by atoms with Crippen LogP contribution >= 0.6 is 0 Å². The molecule has 1 aromatic carbocycles. The van der Waals surface area contributed by atoms with Gasteiger partial charge in [0, 0.05) is 13.1 Å². The fourth-order valence-corrected chi connectivity index (χ4v) is 3.38. The van der Waals surface area contributed by atoms with Crippen molar-refractivity contribution < 1.29 is 13.2 Å². The molecule has 128 valence electrons. The monoisotopic (exact) mass is 339 g/mol. The lowest BCUT2D eigenvalue weighted by molar-refractivity contribution is 0.236. The Kier molecular flexibility index (Phi) is 6.41. The Balaban J connectivity index is 1.83. The zero-order chi connectivity index (χ0) is 16.7. The molecular weight excluding hydrogens is 314 g/mol. The van der Waals surface area contributed by atoms with Crippen LogP contribution in [0.5, 0.6) is 0 Å². The number of rotatable bonds is 6. The zero-order valence-corrected chi connectivity index (χ0v) is 14.3. The molecule has 1 aromatic rings. The van der Waals surface area contributed by atoms with Gasteiger partial charge in [-0.05, 0) is 37.3 Å². The Morgan fingerprint density at radius 1 is 1.22 bits per heavy atom. The number of aryl methyl sites for hydroxylation is 1. The molecule has 6 nitrogen and oxygen atoms in total. The van der Waals surface area contributed by atoms with Gasteiger partial charge in [-0.2, -0.15) is 0 Å². The molecule has 0 heterocycles. The van der Waals surface area contributed by atoms with Crippen molar-refractivity contribution in [2.24, 2.45) is 0 Å². The van der Waals surface area contributed by atoms with E-state index in [1.807, 2.05) is 12.1 Å². The maximum atomic E-state index is 12.0. The molecule has 0 saturated carbocycles. The molecule has 0 saturated heterocycles. The lowest BCUT2D eigenvalue weighted by Crippen LogP contribution is -2.42. The number of fused-ring (bicyclic) bond motifs is 1. The molecule has 0 spiro atoms. The second-order valence-electron chi connectivity index (χ2n) is 5.70. The topological polar surface area (TPSA) is 87.3 Å². The second kappa shape index (κ2) is 8.31. The number of sulfonamides is 1. The molecule has 23 heavy (non-hydrogen) atoms. The van der Waals surface area contributed by atoms with E-state index >= 15 is 0 Å². The fraction of sp³-hybridized carbons (Fsp3) is 0.562. The van der Waals surface area contributed by atoms with Crippen LogP contribution in [0.3, 0.4) is 0 Å².